The summed E-state index contributed by atoms with van der Waals surface area (Å²) in [6.07, 6.45) is 46.3. The standard InChI is InChI=1S/C40H78O3/c1-3-5-7-9-11-13-15-17-19-21-23-25-27-29-31-33-39(35-37-41)43-40(36-38-42)34-32-30-28-26-24-22-20-18-16-14-12-10-8-6-4-2/h35-36,41-42H,3-34,37-38H2,1-2H3. The summed E-state index contributed by atoms with van der Waals surface area (Å²) < 4.78 is 6.17. The molecular weight excluding hydrogens is 528 g/mol. The highest BCUT2D eigenvalue weighted by Crippen LogP contribution is 2.21. The van der Waals surface area contributed by atoms with Crippen LogP contribution in [0.15, 0.2) is 23.7 Å². The van der Waals surface area contributed by atoms with Crippen molar-refractivity contribution in [1.82, 2.24) is 0 Å². The van der Waals surface area contributed by atoms with Crippen LogP contribution >= 0.6 is 0 Å². The van der Waals surface area contributed by atoms with Gasteiger partial charge in [-0.05, 0) is 25.0 Å². The van der Waals surface area contributed by atoms with Gasteiger partial charge in [-0.1, -0.05) is 194 Å². The number of aliphatic hydroxyl groups excluding tert-OH is 2. The Balaban J connectivity index is 3.76. The number of unbranched alkanes of at least 4 members (excludes halogenated alkanes) is 28. The molecule has 0 aliphatic carbocycles. The second-order valence-corrected chi connectivity index (χ2v) is 13.2. The topological polar surface area (TPSA) is 49.7 Å². The van der Waals surface area contributed by atoms with E-state index in [0.717, 1.165) is 37.2 Å². The fourth-order valence-electron chi connectivity index (χ4n) is 6.10. The Hall–Kier alpha value is -0.800. The van der Waals surface area contributed by atoms with Gasteiger partial charge in [0.1, 0.15) is 11.5 Å². The maximum atomic E-state index is 9.50. The highest BCUT2D eigenvalue weighted by Gasteiger charge is 2.05. The van der Waals surface area contributed by atoms with Gasteiger partial charge in [0.15, 0.2) is 0 Å². The van der Waals surface area contributed by atoms with Crippen molar-refractivity contribution in [3.8, 4) is 0 Å². The summed E-state index contributed by atoms with van der Waals surface area (Å²) >= 11 is 0. The molecule has 0 aliphatic rings. The van der Waals surface area contributed by atoms with Crippen LogP contribution in [0.25, 0.3) is 0 Å². The molecule has 0 spiro atoms. The molecule has 0 rings (SSSR count). The highest BCUT2D eigenvalue weighted by molar-refractivity contribution is 5.02. The molecule has 0 unspecified atom stereocenters. The van der Waals surface area contributed by atoms with Crippen LogP contribution in [0.1, 0.15) is 219 Å². The summed E-state index contributed by atoms with van der Waals surface area (Å²) in [5, 5.41) is 19.0. The van der Waals surface area contributed by atoms with Crippen molar-refractivity contribution in [3.63, 3.8) is 0 Å². The lowest BCUT2D eigenvalue weighted by Crippen LogP contribution is -1.98. The van der Waals surface area contributed by atoms with Crippen molar-refractivity contribution >= 4 is 0 Å². The number of aliphatic hydroxyl groups is 2. The van der Waals surface area contributed by atoms with Crippen LogP contribution in [0.3, 0.4) is 0 Å². The predicted octanol–water partition coefficient (Wildman–Crippen LogP) is 13.3. The molecule has 0 aliphatic heterocycles. The SMILES string of the molecule is CCCCCCCCCCCCCCCCCC(=CCO)OC(=CCO)CCCCCCCCCCCCCCCCC. The Labute approximate surface area is 270 Å². The predicted molar refractivity (Wildman–Crippen MR) is 191 cm³/mol. The van der Waals surface area contributed by atoms with Crippen LogP contribution in [-0.4, -0.2) is 23.4 Å². The number of ether oxygens (including phenoxy) is 1. The van der Waals surface area contributed by atoms with E-state index in [-0.39, 0.29) is 13.2 Å². The average Bonchev–Trinajstić information content (AvgIpc) is 3.01. The molecule has 2 N–H and O–H groups in total. The molecule has 0 amide bonds. The van der Waals surface area contributed by atoms with E-state index in [2.05, 4.69) is 13.8 Å². The van der Waals surface area contributed by atoms with Crippen LogP contribution in [-0.2, 0) is 4.74 Å². The minimum absolute atomic E-state index is 0.0133. The van der Waals surface area contributed by atoms with Gasteiger partial charge >= 0.3 is 0 Å². The molecule has 0 fully saturated rings. The Morgan fingerprint density at radius 3 is 0.767 bits per heavy atom. The molecule has 0 radical (unpaired) electrons. The van der Waals surface area contributed by atoms with Gasteiger partial charge in [-0.25, -0.2) is 0 Å². The molecule has 0 aromatic carbocycles. The second kappa shape index (κ2) is 37.4. The first kappa shape index (κ1) is 42.2. The highest BCUT2D eigenvalue weighted by atomic mass is 16.5. The van der Waals surface area contributed by atoms with Gasteiger partial charge in [-0.2, -0.15) is 0 Å². The molecule has 43 heavy (non-hydrogen) atoms. The summed E-state index contributed by atoms with van der Waals surface area (Å²) in [6.45, 7) is 4.60. The smallest absolute Gasteiger partial charge is 0.102 e. The normalized spacial score (nSPS) is 12.4. The monoisotopic (exact) mass is 607 g/mol. The van der Waals surface area contributed by atoms with Gasteiger partial charge in [0.25, 0.3) is 0 Å². The molecule has 0 atom stereocenters. The molecule has 0 heterocycles. The second-order valence-electron chi connectivity index (χ2n) is 13.2. The first-order valence-corrected chi connectivity index (χ1v) is 19.6. The average molecular weight is 607 g/mol. The Morgan fingerprint density at radius 1 is 0.349 bits per heavy atom. The number of rotatable bonds is 36. The number of hydrogen-bond donors (Lipinski definition) is 2. The van der Waals surface area contributed by atoms with E-state index in [4.69, 9.17) is 4.74 Å². The van der Waals surface area contributed by atoms with E-state index < -0.39 is 0 Å². The summed E-state index contributed by atoms with van der Waals surface area (Å²) in [4.78, 5) is 0. The Bertz CT molecular complexity index is 532. The van der Waals surface area contributed by atoms with Crippen LogP contribution in [0.4, 0.5) is 0 Å². The van der Waals surface area contributed by atoms with Gasteiger partial charge < -0.3 is 14.9 Å². The maximum absolute atomic E-state index is 9.50. The van der Waals surface area contributed by atoms with E-state index in [0.29, 0.717) is 0 Å². The van der Waals surface area contributed by atoms with E-state index in [9.17, 15) is 10.2 Å². The van der Waals surface area contributed by atoms with Gasteiger partial charge in [-0.15, -0.1) is 0 Å². The lowest BCUT2D eigenvalue weighted by Gasteiger charge is -2.14. The van der Waals surface area contributed by atoms with Crippen LogP contribution in [0.2, 0.25) is 0 Å². The lowest BCUT2D eigenvalue weighted by molar-refractivity contribution is 0.252. The van der Waals surface area contributed by atoms with Crippen molar-refractivity contribution in [2.75, 3.05) is 13.2 Å². The fraction of sp³-hybridized carbons (Fsp3) is 0.900. The van der Waals surface area contributed by atoms with Crippen LogP contribution < -0.4 is 0 Å². The molecule has 256 valence electrons. The number of allylic oxidation sites excluding steroid dienone is 2. The summed E-state index contributed by atoms with van der Waals surface area (Å²) in [7, 11) is 0. The molecular formula is C40H78O3. The minimum atomic E-state index is 0.0133. The van der Waals surface area contributed by atoms with Gasteiger partial charge in [-0.3, -0.25) is 0 Å². The van der Waals surface area contributed by atoms with Gasteiger partial charge in [0.05, 0.1) is 13.2 Å². The third-order valence-corrected chi connectivity index (χ3v) is 8.95. The summed E-state index contributed by atoms with van der Waals surface area (Å²) in [5.41, 5.74) is 0. The summed E-state index contributed by atoms with van der Waals surface area (Å²) in [6, 6.07) is 0. The van der Waals surface area contributed by atoms with E-state index >= 15 is 0 Å². The maximum Gasteiger partial charge on any atom is 0.102 e. The zero-order chi connectivity index (χ0) is 31.3. The Kier molecular flexibility index (Phi) is 36.7. The zero-order valence-corrected chi connectivity index (χ0v) is 29.5. The Morgan fingerprint density at radius 2 is 0.558 bits per heavy atom. The first-order chi connectivity index (χ1) is 21.3. The molecule has 0 aromatic rings. The van der Waals surface area contributed by atoms with Gasteiger partial charge in [0.2, 0.25) is 0 Å². The van der Waals surface area contributed by atoms with Crippen LogP contribution in [0.5, 0.6) is 0 Å². The molecule has 3 heteroatoms. The van der Waals surface area contributed by atoms with E-state index in [1.54, 1.807) is 0 Å². The van der Waals surface area contributed by atoms with E-state index in [1.807, 2.05) is 12.2 Å². The number of hydrogen-bond acceptors (Lipinski definition) is 3. The third kappa shape index (κ3) is 33.9. The third-order valence-electron chi connectivity index (χ3n) is 8.95. The molecule has 3 nitrogen and oxygen atoms in total. The van der Waals surface area contributed by atoms with Crippen LogP contribution in [0, 0.1) is 0 Å². The van der Waals surface area contributed by atoms with E-state index in [1.165, 1.54) is 180 Å². The molecule has 0 saturated heterocycles. The van der Waals surface area contributed by atoms with Gasteiger partial charge in [0, 0.05) is 12.8 Å². The van der Waals surface area contributed by atoms with Crippen molar-refractivity contribution < 1.29 is 14.9 Å². The minimum Gasteiger partial charge on any atom is -0.467 e. The fourth-order valence-corrected chi connectivity index (χ4v) is 6.10. The zero-order valence-electron chi connectivity index (χ0n) is 29.5. The van der Waals surface area contributed by atoms with Crippen molar-refractivity contribution in [2.24, 2.45) is 0 Å². The lowest BCUT2D eigenvalue weighted by atomic mass is 10.0. The van der Waals surface area contributed by atoms with Crippen molar-refractivity contribution in [2.45, 2.75) is 219 Å². The largest absolute Gasteiger partial charge is 0.467 e. The molecule has 0 saturated carbocycles. The first-order valence-electron chi connectivity index (χ1n) is 19.6. The summed E-state index contributed by atoms with van der Waals surface area (Å²) in [5.74, 6) is 1.75. The van der Waals surface area contributed by atoms with Crippen molar-refractivity contribution in [3.05, 3.63) is 23.7 Å². The quantitative estimate of drug-likeness (QED) is 0.0551. The molecule has 0 aromatic heterocycles. The molecule has 0 bridgehead atoms. The van der Waals surface area contributed by atoms with Crippen molar-refractivity contribution in [1.29, 1.82) is 0 Å².